The number of carbonyl (C=O) groups excluding carboxylic acids is 1. The summed E-state index contributed by atoms with van der Waals surface area (Å²) in [4.78, 5) is 12.8. The molecule has 0 bridgehead atoms. The molecule has 0 fully saturated rings. The van der Waals surface area contributed by atoms with E-state index in [1.54, 1.807) is 29.1 Å². The highest BCUT2D eigenvalue weighted by Crippen LogP contribution is 2.27. The molecule has 26 heavy (non-hydrogen) atoms. The Kier molecular flexibility index (Phi) is 4.32. The number of fused-ring (bicyclic) bond motifs is 1. The summed E-state index contributed by atoms with van der Waals surface area (Å²) in [5, 5.41) is 7.53. The van der Waals surface area contributed by atoms with Crippen molar-refractivity contribution >= 4 is 5.91 Å². The second-order valence-corrected chi connectivity index (χ2v) is 6.58. The van der Waals surface area contributed by atoms with Crippen LogP contribution in [0, 0.1) is 5.82 Å². The maximum Gasteiger partial charge on any atom is 0.272 e. The van der Waals surface area contributed by atoms with Crippen LogP contribution in [0.5, 0.6) is 0 Å². The van der Waals surface area contributed by atoms with Crippen LogP contribution in [0.1, 0.15) is 53.3 Å². The highest BCUT2D eigenvalue weighted by molar-refractivity contribution is 5.94. The molecule has 4 rings (SSSR count). The molecule has 2 aromatic heterocycles. The van der Waals surface area contributed by atoms with Gasteiger partial charge in [0.05, 0.1) is 18.0 Å². The van der Waals surface area contributed by atoms with Gasteiger partial charge in [-0.15, -0.1) is 0 Å². The predicted octanol–water partition coefficient (Wildman–Crippen LogP) is 3.97. The Balaban J connectivity index is 1.67. The average Bonchev–Trinajstić information content (AvgIpc) is 3.31. The second-order valence-electron chi connectivity index (χ2n) is 6.58. The minimum absolute atomic E-state index is 0.215. The summed E-state index contributed by atoms with van der Waals surface area (Å²) in [5.74, 6) is 0.193. The molecule has 0 spiro atoms. The molecular weight excluding hydrogens is 333 g/mol. The lowest BCUT2D eigenvalue weighted by atomic mass is 9.95. The summed E-state index contributed by atoms with van der Waals surface area (Å²) in [6, 6.07) is 9.57. The normalized spacial score (nSPS) is 14.7. The number of aromatic nitrogens is 2. The Morgan fingerprint density at radius 3 is 2.73 bits per heavy atom. The van der Waals surface area contributed by atoms with Gasteiger partial charge in [0, 0.05) is 11.3 Å². The third kappa shape index (κ3) is 3.03. The van der Waals surface area contributed by atoms with Gasteiger partial charge in [-0.1, -0.05) is 0 Å². The van der Waals surface area contributed by atoms with Gasteiger partial charge >= 0.3 is 0 Å². The minimum atomic E-state index is -0.292. The molecule has 134 valence electrons. The monoisotopic (exact) mass is 353 g/mol. The molecular formula is C20H20FN3O2. The van der Waals surface area contributed by atoms with Crippen LogP contribution in [0.2, 0.25) is 0 Å². The highest BCUT2D eigenvalue weighted by Gasteiger charge is 2.26. The van der Waals surface area contributed by atoms with E-state index in [2.05, 4.69) is 10.4 Å². The Morgan fingerprint density at radius 2 is 2.00 bits per heavy atom. The predicted molar refractivity (Wildman–Crippen MR) is 94.8 cm³/mol. The molecule has 3 aromatic rings. The Labute approximate surface area is 150 Å². The Bertz CT molecular complexity index is 913. The summed E-state index contributed by atoms with van der Waals surface area (Å²) in [6.07, 6.45) is 5.37. The Morgan fingerprint density at radius 1 is 1.23 bits per heavy atom. The number of carbonyl (C=O) groups is 1. The number of rotatable bonds is 4. The molecule has 5 nitrogen and oxygen atoms in total. The standard InChI is InChI=1S/C20H20FN3O2/c1-13(18-7-4-12-26-18)22-20(25)19-16-5-2-3-6-17(16)24(23-19)15-10-8-14(21)9-11-15/h4,7-13H,2-3,5-6H2,1H3,(H,22,25). The van der Waals surface area contributed by atoms with Crippen LogP contribution in [-0.4, -0.2) is 15.7 Å². The van der Waals surface area contributed by atoms with Gasteiger partial charge in [0.2, 0.25) is 0 Å². The van der Waals surface area contributed by atoms with E-state index in [1.165, 1.54) is 12.1 Å². The zero-order valence-corrected chi connectivity index (χ0v) is 14.5. The van der Waals surface area contributed by atoms with Gasteiger partial charge in [0.15, 0.2) is 5.69 Å². The fraction of sp³-hybridized carbons (Fsp3) is 0.300. The van der Waals surface area contributed by atoms with Crippen LogP contribution in [0.15, 0.2) is 47.1 Å². The van der Waals surface area contributed by atoms with Crippen molar-refractivity contribution in [3.63, 3.8) is 0 Å². The first-order valence-corrected chi connectivity index (χ1v) is 8.84. The van der Waals surface area contributed by atoms with Gasteiger partial charge in [-0.25, -0.2) is 9.07 Å². The number of benzene rings is 1. The van der Waals surface area contributed by atoms with Crippen LogP contribution in [0.25, 0.3) is 5.69 Å². The molecule has 1 unspecified atom stereocenters. The van der Waals surface area contributed by atoms with E-state index < -0.39 is 0 Å². The van der Waals surface area contributed by atoms with Gasteiger partial charge in [-0.05, 0) is 69.0 Å². The van der Waals surface area contributed by atoms with E-state index in [0.717, 1.165) is 42.6 Å². The van der Waals surface area contributed by atoms with Crippen LogP contribution < -0.4 is 5.32 Å². The smallest absolute Gasteiger partial charge is 0.272 e. The molecule has 0 aliphatic heterocycles. The first-order chi connectivity index (χ1) is 12.6. The highest BCUT2D eigenvalue weighted by atomic mass is 19.1. The zero-order chi connectivity index (χ0) is 18.1. The van der Waals surface area contributed by atoms with E-state index in [-0.39, 0.29) is 17.8 Å². The fourth-order valence-corrected chi connectivity index (χ4v) is 3.45. The number of nitrogens with one attached hydrogen (secondary N) is 1. The first kappa shape index (κ1) is 16.6. The number of halogens is 1. The summed E-state index contributed by atoms with van der Waals surface area (Å²) in [6.45, 7) is 1.88. The maximum absolute atomic E-state index is 13.3. The number of hydrogen-bond donors (Lipinski definition) is 1. The van der Waals surface area contributed by atoms with Gasteiger partial charge in [0.1, 0.15) is 11.6 Å². The molecule has 1 amide bonds. The molecule has 2 heterocycles. The summed E-state index contributed by atoms with van der Waals surface area (Å²) < 4.78 is 20.4. The summed E-state index contributed by atoms with van der Waals surface area (Å²) in [5.41, 5.74) is 3.24. The third-order valence-electron chi connectivity index (χ3n) is 4.78. The quantitative estimate of drug-likeness (QED) is 0.772. The maximum atomic E-state index is 13.3. The fourth-order valence-electron chi connectivity index (χ4n) is 3.45. The average molecular weight is 353 g/mol. The van der Waals surface area contributed by atoms with Crippen molar-refractivity contribution in [3.05, 3.63) is 71.2 Å². The van der Waals surface area contributed by atoms with Crippen molar-refractivity contribution in [1.29, 1.82) is 0 Å². The van der Waals surface area contributed by atoms with Crippen LogP contribution in [0.4, 0.5) is 4.39 Å². The Hall–Kier alpha value is -2.89. The summed E-state index contributed by atoms with van der Waals surface area (Å²) >= 11 is 0. The topological polar surface area (TPSA) is 60.1 Å². The number of hydrogen-bond acceptors (Lipinski definition) is 3. The molecule has 1 aromatic carbocycles. The third-order valence-corrected chi connectivity index (χ3v) is 4.78. The van der Waals surface area contributed by atoms with Crippen molar-refractivity contribution in [2.45, 2.75) is 38.6 Å². The number of amides is 1. The van der Waals surface area contributed by atoms with Crippen molar-refractivity contribution in [1.82, 2.24) is 15.1 Å². The molecule has 1 atom stereocenters. The number of furan rings is 1. The van der Waals surface area contributed by atoms with E-state index in [0.29, 0.717) is 11.5 Å². The van der Waals surface area contributed by atoms with Crippen molar-refractivity contribution < 1.29 is 13.6 Å². The van der Waals surface area contributed by atoms with Crippen molar-refractivity contribution in [3.8, 4) is 5.69 Å². The van der Waals surface area contributed by atoms with Gasteiger partial charge in [0.25, 0.3) is 5.91 Å². The van der Waals surface area contributed by atoms with Gasteiger partial charge in [-0.2, -0.15) is 5.10 Å². The SMILES string of the molecule is CC(NC(=O)c1nn(-c2ccc(F)cc2)c2c1CCCC2)c1ccco1. The molecule has 0 saturated heterocycles. The molecule has 0 saturated carbocycles. The van der Waals surface area contributed by atoms with E-state index in [1.807, 2.05) is 13.0 Å². The second kappa shape index (κ2) is 6.78. The van der Waals surface area contributed by atoms with Crippen LogP contribution >= 0.6 is 0 Å². The molecule has 1 aliphatic rings. The molecule has 1 aliphatic carbocycles. The van der Waals surface area contributed by atoms with Crippen molar-refractivity contribution in [2.24, 2.45) is 0 Å². The van der Waals surface area contributed by atoms with E-state index in [9.17, 15) is 9.18 Å². The minimum Gasteiger partial charge on any atom is -0.467 e. The largest absolute Gasteiger partial charge is 0.467 e. The van der Waals surface area contributed by atoms with E-state index in [4.69, 9.17) is 4.42 Å². The number of nitrogens with zero attached hydrogens (tertiary/aromatic N) is 2. The molecule has 6 heteroatoms. The molecule has 0 radical (unpaired) electrons. The first-order valence-electron chi connectivity index (χ1n) is 8.84. The van der Waals surface area contributed by atoms with Crippen LogP contribution in [-0.2, 0) is 12.8 Å². The van der Waals surface area contributed by atoms with Gasteiger partial charge < -0.3 is 9.73 Å². The lowest BCUT2D eigenvalue weighted by Gasteiger charge is -2.15. The summed E-state index contributed by atoms with van der Waals surface area (Å²) in [7, 11) is 0. The molecule has 1 N–H and O–H groups in total. The zero-order valence-electron chi connectivity index (χ0n) is 14.5. The lowest BCUT2D eigenvalue weighted by Crippen LogP contribution is -2.27. The van der Waals surface area contributed by atoms with Crippen molar-refractivity contribution in [2.75, 3.05) is 0 Å². The van der Waals surface area contributed by atoms with Crippen LogP contribution in [0.3, 0.4) is 0 Å². The van der Waals surface area contributed by atoms with Gasteiger partial charge in [-0.3, -0.25) is 4.79 Å². The van der Waals surface area contributed by atoms with E-state index >= 15 is 0 Å². The lowest BCUT2D eigenvalue weighted by molar-refractivity contribution is 0.0929.